The van der Waals surface area contributed by atoms with Crippen LogP contribution in [0, 0.1) is 0 Å². The third-order valence-electron chi connectivity index (χ3n) is 4.25. The van der Waals surface area contributed by atoms with Crippen LogP contribution < -0.4 is 10.6 Å². The molecule has 0 fully saturated rings. The molecule has 0 amide bonds. The number of rotatable bonds is 9. The molecule has 0 aliphatic carbocycles. The van der Waals surface area contributed by atoms with Gasteiger partial charge in [0.25, 0.3) is 0 Å². The summed E-state index contributed by atoms with van der Waals surface area (Å²) in [5, 5.41) is 21.0. The molecule has 0 saturated carbocycles. The molecule has 6 heteroatoms. The average molecular weight is 324 g/mol. The molecule has 6 nitrogen and oxygen atoms in total. The van der Waals surface area contributed by atoms with E-state index in [1.807, 2.05) is 20.8 Å². The Balaban J connectivity index is 2.81. The Morgan fingerprint density at radius 3 is 2.35 bits per heavy atom. The summed E-state index contributed by atoms with van der Waals surface area (Å²) >= 11 is 0. The van der Waals surface area contributed by atoms with Crippen molar-refractivity contribution in [2.75, 3.05) is 13.1 Å². The van der Waals surface area contributed by atoms with Crippen molar-refractivity contribution in [3.63, 3.8) is 0 Å². The van der Waals surface area contributed by atoms with Crippen molar-refractivity contribution in [1.29, 1.82) is 0 Å². The number of aliphatic imine (C=N–C) groups is 1. The van der Waals surface area contributed by atoms with Crippen LogP contribution in [-0.4, -0.2) is 34.9 Å². The van der Waals surface area contributed by atoms with Gasteiger partial charge in [0.05, 0.1) is 17.8 Å². The highest BCUT2D eigenvalue weighted by Crippen LogP contribution is 2.17. The fraction of sp³-hybridized carbons (Fsp3) is 0.765. The van der Waals surface area contributed by atoms with Crippen LogP contribution in [-0.2, 0) is 19.4 Å². The van der Waals surface area contributed by atoms with Crippen LogP contribution in [0.5, 0.6) is 0 Å². The topological polar surface area (TPSA) is 82.7 Å². The van der Waals surface area contributed by atoms with Gasteiger partial charge < -0.3 is 20.3 Å². The minimum atomic E-state index is -0.698. The summed E-state index contributed by atoms with van der Waals surface area (Å²) in [6.07, 6.45) is 3.07. The van der Waals surface area contributed by atoms with Crippen LogP contribution >= 0.6 is 0 Å². The number of nitrogens with one attached hydrogen (secondary N) is 2. The van der Waals surface area contributed by atoms with Crippen molar-refractivity contribution in [3.05, 3.63) is 17.0 Å². The van der Waals surface area contributed by atoms with Gasteiger partial charge in [0, 0.05) is 25.1 Å². The van der Waals surface area contributed by atoms with Gasteiger partial charge in [-0.15, -0.1) is 0 Å². The van der Waals surface area contributed by atoms with Gasteiger partial charge in [-0.05, 0) is 26.2 Å². The van der Waals surface area contributed by atoms with Crippen molar-refractivity contribution in [1.82, 2.24) is 15.8 Å². The summed E-state index contributed by atoms with van der Waals surface area (Å²) < 4.78 is 5.38. The second kappa shape index (κ2) is 9.55. The molecule has 132 valence electrons. The van der Waals surface area contributed by atoms with E-state index >= 15 is 0 Å². The monoisotopic (exact) mass is 324 g/mol. The van der Waals surface area contributed by atoms with Crippen molar-refractivity contribution < 1.29 is 9.63 Å². The predicted molar refractivity (Wildman–Crippen MR) is 93.6 cm³/mol. The van der Waals surface area contributed by atoms with E-state index < -0.39 is 5.60 Å². The molecule has 1 rings (SSSR count). The fourth-order valence-electron chi connectivity index (χ4n) is 2.36. The molecule has 0 radical (unpaired) electrons. The summed E-state index contributed by atoms with van der Waals surface area (Å²) in [6, 6.07) is 0. The molecule has 0 unspecified atom stereocenters. The molecule has 0 saturated heterocycles. The lowest BCUT2D eigenvalue weighted by atomic mass is 9.98. The zero-order valence-corrected chi connectivity index (χ0v) is 15.2. The van der Waals surface area contributed by atoms with E-state index in [4.69, 9.17) is 4.52 Å². The lowest BCUT2D eigenvalue weighted by Gasteiger charge is -2.26. The Kier molecular flexibility index (Phi) is 8.09. The van der Waals surface area contributed by atoms with Crippen LogP contribution in [0.15, 0.2) is 9.52 Å². The first-order valence-electron chi connectivity index (χ1n) is 8.74. The van der Waals surface area contributed by atoms with E-state index in [9.17, 15) is 5.11 Å². The fourth-order valence-corrected chi connectivity index (χ4v) is 2.36. The van der Waals surface area contributed by atoms with Gasteiger partial charge in [0.1, 0.15) is 5.76 Å². The predicted octanol–water partition coefficient (Wildman–Crippen LogP) is 2.41. The van der Waals surface area contributed by atoms with Crippen molar-refractivity contribution in [3.8, 4) is 0 Å². The van der Waals surface area contributed by atoms with Gasteiger partial charge in [-0.1, -0.05) is 32.9 Å². The van der Waals surface area contributed by atoms with Crippen molar-refractivity contribution >= 4 is 5.96 Å². The van der Waals surface area contributed by atoms with Gasteiger partial charge in [-0.2, -0.15) is 0 Å². The number of aliphatic hydroxyl groups is 1. The van der Waals surface area contributed by atoms with E-state index in [1.54, 1.807) is 0 Å². The molecule has 0 bridgehead atoms. The standard InChI is InChI=1S/C17H32N4O2/c1-6-14-13(15(7-2)23-21-14)11-19-16(18-10-5)20-12-17(22,8-3)9-4/h22H,6-12H2,1-5H3,(H2,18,19,20). The minimum absolute atomic E-state index is 0.483. The molecule has 0 aliphatic rings. The zero-order valence-electron chi connectivity index (χ0n) is 15.2. The Morgan fingerprint density at radius 1 is 1.13 bits per heavy atom. The number of guanidine groups is 1. The first-order chi connectivity index (χ1) is 11.0. The molecular formula is C17H32N4O2. The summed E-state index contributed by atoms with van der Waals surface area (Å²) in [4.78, 5) is 4.63. The molecule has 1 aromatic rings. The summed E-state index contributed by atoms with van der Waals surface area (Å²) in [5.74, 6) is 1.61. The smallest absolute Gasteiger partial charge is 0.191 e. The van der Waals surface area contributed by atoms with Crippen LogP contribution in [0.2, 0.25) is 0 Å². The Hall–Kier alpha value is -1.56. The molecule has 1 aromatic heterocycles. The maximum Gasteiger partial charge on any atom is 0.191 e. The lowest BCUT2D eigenvalue weighted by molar-refractivity contribution is 0.0367. The maximum absolute atomic E-state index is 10.4. The highest BCUT2D eigenvalue weighted by Gasteiger charge is 2.22. The third kappa shape index (κ3) is 5.53. The van der Waals surface area contributed by atoms with Gasteiger partial charge in [-0.25, -0.2) is 4.99 Å². The first kappa shape index (κ1) is 19.5. The normalized spacial score (nSPS) is 12.5. The van der Waals surface area contributed by atoms with Gasteiger partial charge in [-0.3, -0.25) is 0 Å². The van der Waals surface area contributed by atoms with E-state index in [2.05, 4.69) is 34.6 Å². The van der Waals surface area contributed by atoms with E-state index in [0.717, 1.165) is 36.4 Å². The van der Waals surface area contributed by atoms with Crippen LogP contribution in [0.1, 0.15) is 64.5 Å². The highest BCUT2D eigenvalue weighted by molar-refractivity contribution is 5.79. The first-order valence-corrected chi connectivity index (χ1v) is 8.74. The SMILES string of the molecule is CCNC(=NCc1c(CC)noc1CC)NCC(O)(CC)CC. The Morgan fingerprint density at radius 2 is 1.83 bits per heavy atom. The molecule has 0 atom stereocenters. The van der Waals surface area contributed by atoms with E-state index in [0.29, 0.717) is 31.9 Å². The molecule has 0 aromatic carbocycles. The quantitative estimate of drug-likeness (QED) is 0.480. The summed E-state index contributed by atoms with van der Waals surface area (Å²) in [6.45, 7) is 11.9. The minimum Gasteiger partial charge on any atom is -0.388 e. The number of hydrogen-bond acceptors (Lipinski definition) is 4. The maximum atomic E-state index is 10.4. The molecular weight excluding hydrogens is 292 g/mol. The number of aryl methyl sites for hydroxylation is 2. The summed E-state index contributed by atoms with van der Waals surface area (Å²) in [5.41, 5.74) is 1.35. The molecule has 0 aliphatic heterocycles. The number of aromatic nitrogens is 1. The van der Waals surface area contributed by atoms with E-state index in [1.165, 1.54) is 0 Å². The average Bonchev–Trinajstić information content (AvgIpc) is 2.99. The zero-order chi connectivity index (χ0) is 17.3. The van der Waals surface area contributed by atoms with Crippen LogP contribution in [0.25, 0.3) is 0 Å². The second-order valence-electron chi connectivity index (χ2n) is 5.72. The molecule has 23 heavy (non-hydrogen) atoms. The summed E-state index contributed by atoms with van der Waals surface area (Å²) in [7, 11) is 0. The third-order valence-corrected chi connectivity index (χ3v) is 4.25. The van der Waals surface area contributed by atoms with Gasteiger partial charge in [0.15, 0.2) is 5.96 Å². The van der Waals surface area contributed by atoms with Crippen LogP contribution in [0.4, 0.5) is 0 Å². The molecule has 1 heterocycles. The Bertz CT molecular complexity index is 471. The van der Waals surface area contributed by atoms with Crippen LogP contribution in [0.3, 0.4) is 0 Å². The van der Waals surface area contributed by atoms with Gasteiger partial charge in [0.2, 0.25) is 0 Å². The molecule has 0 spiro atoms. The number of nitrogens with zero attached hydrogens (tertiary/aromatic N) is 2. The molecule has 3 N–H and O–H groups in total. The van der Waals surface area contributed by atoms with Crippen molar-refractivity contribution in [2.24, 2.45) is 4.99 Å². The highest BCUT2D eigenvalue weighted by atomic mass is 16.5. The van der Waals surface area contributed by atoms with E-state index in [-0.39, 0.29) is 0 Å². The largest absolute Gasteiger partial charge is 0.388 e. The number of hydrogen-bond donors (Lipinski definition) is 3. The van der Waals surface area contributed by atoms with Gasteiger partial charge >= 0.3 is 0 Å². The second-order valence-corrected chi connectivity index (χ2v) is 5.72. The van der Waals surface area contributed by atoms with Crippen molar-refractivity contribution in [2.45, 2.75) is 72.4 Å². The lowest BCUT2D eigenvalue weighted by Crippen LogP contribution is -2.46. The Labute approximate surface area is 139 Å².